The molecule has 118 valence electrons. The Morgan fingerprint density at radius 3 is 2.62 bits per heavy atom. The molecule has 1 aromatic rings. The van der Waals surface area contributed by atoms with Crippen LogP contribution < -0.4 is 15.4 Å². The van der Waals surface area contributed by atoms with Crippen molar-refractivity contribution >= 4 is 11.6 Å². The number of anilines is 1. The van der Waals surface area contributed by atoms with Gasteiger partial charge in [0.25, 0.3) is 0 Å². The molecule has 0 heterocycles. The van der Waals surface area contributed by atoms with Gasteiger partial charge in [-0.3, -0.25) is 4.79 Å². The van der Waals surface area contributed by atoms with Gasteiger partial charge in [0.05, 0.1) is 7.11 Å². The van der Waals surface area contributed by atoms with E-state index in [-0.39, 0.29) is 25.2 Å². The fourth-order valence-corrected chi connectivity index (χ4v) is 1.65. The van der Waals surface area contributed by atoms with Crippen molar-refractivity contribution in [2.75, 3.05) is 25.1 Å². The van der Waals surface area contributed by atoms with Gasteiger partial charge in [0.15, 0.2) is 0 Å². The first-order valence-electron chi connectivity index (χ1n) is 6.16. The number of rotatable bonds is 7. The average molecular weight is 308 g/mol. The molecule has 0 radical (unpaired) electrons. The van der Waals surface area contributed by atoms with Crippen molar-refractivity contribution in [3.8, 4) is 5.75 Å². The van der Waals surface area contributed by atoms with Crippen molar-refractivity contribution in [1.29, 1.82) is 0 Å². The number of hydrogen-bond acceptors (Lipinski definition) is 3. The van der Waals surface area contributed by atoms with E-state index in [0.717, 1.165) is 0 Å². The lowest BCUT2D eigenvalue weighted by Crippen LogP contribution is -2.48. The number of methoxy groups -OCH3 is 1. The number of halogens is 4. The minimum atomic E-state index is -4.75. The monoisotopic (exact) mass is 308 g/mol. The molecule has 0 saturated heterocycles. The van der Waals surface area contributed by atoms with Gasteiger partial charge in [-0.1, -0.05) is 6.07 Å². The number of ether oxygens (including phenoxy) is 1. The van der Waals surface area contributed by atoms with Crippen molar-refractivity contribution in [2.24, 2.45) is 5.73 Å². The summed E-state index contributed by atoms with van der Waals surface area (Å²) in [4.78, 5) is 12.3. The van der Waals surface area contributed by atoms with Crippen LogP contribution in [0.1, 0.15) is 6.42 Å². The second-order valence-corrected chi connectivity index (χ2v) is 4.22. The number of carbonyl (C=O) groups excluding carboxylic acids is 1. The van der Waals surface area contributed by atoms with Crippen LogP contribution in [0.25, 0.3) is 0 Å². The summed E-state index contributed by atoms with van der Waals surface area (Å²) in [5.74, 6) is -6.39. The van der Waals surface area contributed by atoms with E-state index in [1.807, 2.05) is 0 Å². The number of hydrogen-bond donors (Lipinski definition) is 1. The van der Waals surface area contributed by atoms with E-state index in [0.29, 0.717) is 10.6 Å². The Labute approximate surface area is 119 Å². The van der Waals surface area contributed by atoms with Gasteiger partial charge in [-0.25, -0.2) is 8.78 Å². The van der Waals surface area contributed by atoms with Crippen molar-refractivity contribution in [3.63, 3.8) is 0 Å². The predicted octanol–water partition coefficient (Wildman–Crippen LogP) is 2.28. The molecule has 0 aromatic heterocycles. The summed E-state index contributed by atoms with van der Waals surface area (Å²) < 4.78 is 56.2. The highest BCUT2D eigenvalue weighted by Crippen LogP contribution is 2.29. The van der Waals surface area contributed by atoms with Crippen LogP contribution >= 0.6 is 0 Å². The molecule has 0 bridgehead atoms. The molecule has 8 heteroatoms. The third-order valence-electron chi connectivity index (χ3n) is 2.76. The number of nitrogens with two attached hydrogens (primary N) is 1. The molecule has 0 aliphatic carbocycles. The summed E-state index contributed by atoms with van der Waals surface area (Å²) >= 11 is 0. The number of nitrogens with zero attached hydrogens (tertiary/aromatic N) is 1. The van der Waals surface area contributed by atoms with E-state index in [9.17, 15) is 22.4 Å². The molecule has 1 aromatic carbocycles. The van der Waals surface area contributed by atoms with Gasteiger partial charge in [-0.15, -0.1) is 0 Å². The number of carbonyl (C=O) groups is 1. The van der Waals surface area contributed by atoms with Crippen molar-refractivity contribution in [1.82, 2.24) is 0 Å². The van der Waals surface area contributed by atoms with Crippen LogP contribution in [0.5, 0.6) is 5.75 Å². The first-order chi connectivity index (χ1) is 9.84. The first kappa shape index (κ1) is 17.2. The maximum Gasteiger partial charge on any atom is 0.384 e. The molecule has 2 N–H and O–H groups in total. The normalized spacial score (nSPS) is 11.6. The Morgan fingerprint density at radius 2 is 2.10 bits per heavy atom. The molecule has 0 fully saturated rings. The third-order valence-corrected chi connectivity index (χ3v) is 2.76. The SMILES string of the molecule is COc1cccc(N(CCCN)C(=O)C(F)(F)C(F)F)c1. The Hall–Kier alpha value is -1.83. The minimum absolute atomic E-state index is 0.0492. The zero-order valence-corrected chi connectivity index (χ0v) is 11.4. The zero-order valence-electron chi connectivity index (χ0n) is 11.4. The van der Waals surface area contributed by atoms with Gasteiger partial charge in [0, 0.05) is 18.3 Å². The Morgan fingerprint density at radius 1 is 1.43 bits per heavy atom. The summed E-state index contributed by atoms with van der Waals surface area (Å²) in [7, 11) is 1.36. The highest BCUT2D eigenvalue weighted by Gasteiger charge is 2.51. The highest BCUT2D eigenvalue weighted by atomic mass is 19.3. The standard InChI is InChI=1S/C13H16F4N2O2/c1-21-10-5-2-4-9(8-10)19(7-3-6-18)12(20)13(16,17)11(14)15/h2,4-5,8,11H,3,6-7,18H2,1H3. The largest absolute Gasteiger partial charge is 0.497 e. The number of amides is 1. The van der Waals surface area contributed by atoms with Crippen LogP contribution in [0, 0.1) is 0 Å². The Bertz CT molecular complexity index is 483. The van der Waals surface area contributed by atoms with Crippen molar-refractivity contribution in [2.45, 2.75) is 18.8 Å². The topological polar surface area (TPSA) is 55.6 Å². The average Bonchev–Trinajstić information content (AvgIpc) is 2.47. The molecule has 0 saturated carbocycles. The van der Waals surface area contributed by atoms with Gasteiger partial charge in [0.1, 0.15) is 5.75 Å². The summed E-state index contributed by atoms with van der Waals surface area (Å²) in [6, 6.07) is 5.69. The number of alkyl halides is 4. The van der Waals surface area contributed by atoms with Crippen LogP contribution in [0.15, 0.2) is 24.3 Å². The maximum atomic E-state index is 13.3. The van der Waals surface area contributed by atoms with E-state index in [4.69, 9.17) is 10.5 Å². The Balaban J connectivity index is 3.12. The smallest absolute Gasteiger partial charge is 0.384 e. The lowest BCUT2D eigenvalue weighted by Gasteiger charge is -2.27. The molecule has 0 unspecified atom stereocenters. The molecule has 4 nitrogen and oxygen atoms in total. The molecule has 21 heavy (non-hydrogen) atoms. The van der Waals surface area contributed by atoms with E-state index < -0.39 is 18.3 Å². The molecule has 0 atom stereocenters. The summed E-state index contributed by atoms with van der Waals surface area (Å²) in [6.07, 6.45) is -3.88. The lowest BCUT2D eigenvalue weighted by atomic mass is 10.2. The van der Waals surface area contributed by atoms with E-state index in [2.05, 4.69) is 0 Å². The second-order valence-electron chi connectivity index (χ2n) is 4.22. The predicted molar refractivity (Wildman–Crippen MR) is 70.0 cm³/mol. The maximum absolute atomic E-state index is 13.3. The van der Waals surface area contributed by atoms with E-state index in [1.54, 1.807) is 6.07 Å². The van der Waals surface area contributed by atoms with Gasteiger partial charge in [0.2, 0.25) is 0 Å². The van der Waals surface area contributed by atoms with Crippen LogP contribution in [-0.2, 0) is 4.79 Å². The second kappa shape index (κ2) is 7.26. The van der Waals surface area contributed by atoms with E-state index in [1.165, 1.54) is 25.3 Å². The van der Waals surface area contributed by atoms with Crippen molar-refractivity contribution < 1.29 is 27.1 Å². The number of benzene rings is 1. The fourth-order valence-electron chi connectivity index (χ4n) is 1.65. The summed E-state index contributed by atoms with van der Waals surface area (Å²) in [6.45, 7) is -0.0567. The summed E-state index contributed by atoms with van der Waals surface area (Å²) in [5, 5.41) is 0. The first-order valence-corrected chi connectivity index (χ1v) is 6.16. The minimum Gasteiger partial charge on any atom is -0.497 e. The van der Waals surface area contributed by atoms with Gasteiger partial charge in [-0.05, 0) is 25.1 Å². The van der Waals surface area contributed by atoms with E-state index >= 15 is 0 Å². The van der Waals surface area contributed by atoms with Crippen LogP contribution in [0.4, 0.5) is 23.2 Å². The fraction of sp³-hybridized carbons (Fsp3) is 0.462. The Kier molecular flexibility index (Phi) is 5.95. The van der Waals surface area contributed by atoms with Crippen molar-refractivity contribution in [3.05, 3.63) is 24.3 Å². The molecule has 0 spiro atoms. The quantitative estimate of drug-likeness (QED) is 0.786. The third kappa shape index (κ3) is 4.07. The molecular weight excluding hydrogens is 292 g/mol. The molecule has 0 aliphatic rings. The molecule has 0 aliphatic heterocycles. The van der Waals surface area contributed by atoms with Crippen LogP contribution in [0.3, 0.4) is 0 Å². The van der Waals surface area contributed by atoms with Gasteiger partial charge in [-0.2, -0.15) is 8.78 Å². The molecular formula is C13H16F4N2O2. The van der Waals surface area contributed by atoms with Crippen LogP contribution in [-0.4, -0.2) is 38.5 Å². The zero-order chi connectivity index (χ0) is 16.0. The summed E-state index contributed by atoms with van der Waals surface area (Å²) in [5.41, 5.74) is 5.33. The van der Waals surface area contributed by atoms with Gasteiger partial charge >= 0.3 is 18.3 Å². The molecule has 1 amide bonds. The lowest BCUT2D eigenvalue weighted by molar-refractivity contribution is -0.166. The highest BCUT2D eigenvalue weighted by molar-refractivity contribution is 5.98. The molecule has 1 rings (SSSR count). The van der Waals surface area contributed by atoms with Crippen LogP contribution in [0.2, 0.25) is 0 Å². The van der Waals surface area contributed by atoms with Gasteiger partial charge < -0.3 is 15.4 Å².